The summed E-state index contributed by atoms with van der Waals surface area (Å²) in [4.78, 5) is 24.6. The molecule has 0 aliphatic carbocycles. The van der Waals surface area contributed by atoms with Crippen LogP contribution in [0.25, 0.3) is 0 Å². The number of carbonyl (C=O) groups excluding carboxylic acids is 2. The van der Waals surface area contributed by atoms with Crippen LogP contribution in [0.1, 0.15) is 32.3 Å². The summed E-state index contributed by atoms with van der Waals surface area (Å²) in [5, 5.41) is 13.4. The third-order valence-electron chi connectivity index (χ3n) is 3.66. The lowest BCUT2D eigenvalue weighted by Gasteiger charge is -2.04. The van der Waals surface area contributed by atoms with Crippen LogP contribution < -0.4 is 10.6 Å². The van der Waals surface area contributed by atoms with Crippen molar-refractivity contribution < 1.29 is 14.1 Å². The first-order valence-corrected chi connectivity index (χ1v) is 7.60. The van der Waals surface area contributed by atoms with E-state index in [2.05, 4.69) is 20.9 Å². The number of benzene rings is 1. The van der Waals surface area contributed by atoms with Gasteiger partial charge in [0.2, 0.25) is 0 Å². The Labute approximate surface area is 143 Å². The molecule has 2 N–H and O–H groups in total. The smallest absolute Gasteiger partial charge is 0.276 e. The van der Waals surface area contributed by atoms with E-state index >= 15 is 0 Å². The van der Waals surface area contributed by atoms with E-state index in [9.17, 15) is 9.59 Å². The molecule has 8 heteroatoms. The summed E-state index contributed by atoms with van der Waals surface area (Å²) in [6.45, 7) is 3.44. The first-order chi connectivity index (χ1) is 12.0. The Bertz CT molecular complexity index is 908. The molecule has 0 fully saturated rings. The molecule has 2 aromatic heterocycles. The molecule has 0 saturated heterocycles. The second-order valence-electron chi connectivity index (χ2n) is 5.51. The van der Waals surface area contributed by atoms with Gasteiger partial charge in [-0.25, -0.2) is 0 Å². The van der Waals surface area contributed by atoms with E-state index in [1.807, 2.05) is 6.07 Å². The van der Waals surface area contributed by atoms with E-state index in [0.29, 0.717) is 28.5 Å². The summed E-state index contributed by atoms with van der Waals surface area (Å²) in [6, 6.07) is 10.3. The van der Waals surface area contributed by atoms with Crippen LogP contribution in [-0.2, 0) is 7.05 Å². The molecule has 0 bridgehead atoms. The van der Waals surface area contributed by atoms with E-state index < -0.39 is 5.91 Å². The predicted molar refractivity (Wildman–Crippen MR) is 91.5 cm³/mol. The zero-order valence-electron chi connectivity index (χ0n) is 14.0. The minimum atomic E-state index is -0.412. The summed E-state index contributed by atoms with van der Waals surface area (Å²) in [7, 11) is 1.65. The standard InChI is InChI=1S/C17H17N5O3/c1-10-15(11(2)25-21-10)19-17(24)13-9-14(22(3)20-13)18-16(23)12-7-5-4-6-8-12/h4-9H,1-3H3,(H,18,23)(H,19,24). The summed E-state index contributed by atoms with van der Waals surface area (Å²) in [5.41, 5.74) is 1.79. The molecule has 0 spiro atoms. The Balaban J connectivity index is 1.76. The number of hydrogen-bond acceptors (Lipinski definition) is 5. The molecule has 0 aliphatic rings. The Morgan fingerprint density at radius 1 is 1.08 bits per heavy atom. The number of rotatable bonds is 4. The van der Waals surface area contributed by atoms with Gasteiger partial charge in [0.05, 0.1) is 0 Å². The zero-order chi connectivity index (χ0) is 18.0. The van der Waals surface area contributed by atoms with Gasteiger partial charge in [0, 0.05) is 18.7 Å². The van der Waals surface area contributed by atoms with Crippen molar-refractivity contribution in [3.05, 3.63) is 59.1 Å². The van der Waals surface area contributed by atoms with Gasteiger partial charge in [-0.2, -0.15) is 5.10 Å². The van der Waals surface area contributed by atoms with Crippen LogP contribution in [-0.4, -0.2) is 26.8 Å². The van der Waals surface area contributed by atoms with Crippen molar-refractivity contribution in [3.63, 3.8) is 0 Å². The van der Waals surface area contributed by atoms with Gasteiger partial charge in [-0.05, 0) is 26.0 Å². The summed E-state index contributed by atoms with van der Waals surface area (Å²) >= 11 is 0. The van der Waals surface area contributed by atoms with E-state index in [4.69, 9.17) is 4.52 Å². The van der Waals surface area contributed by atoms with Crippen LogP contribution >= 0.6 is 0 Å². The molecule has 0 atom stereocenters. The average molecular weight is 339 g/mol. The molecule has 2 heterocycles. The van der Waals surface area contributed by atoms with Gasteiger partial charge in [-0.15, -0.1) is 0 Å². The summed E-state index contributed by atoms with van der Waals surface area (Å²) in [6.07, 6.45) is 0. The van der Waals surface area contributed by atoms with Crippen LogP contribution in [0.3, 0.4) is 0 Å². The van der Waals surface area contributed by atoms with Crippen molar-refractivity contribution in [3.8, 4) is 0 Å². The molecule has 0 radical (unpaired) electrons. The predicted octanol–water partition coefficient (Wildman–Crippen LogP) is 2.53. The quantitative estimate of drug-likeness (QED) is 0.760. The molecule has 1 aromatic carbocycles. The maximum absolute atomic E-state index is 12.4. The minimum Gasteiger partial charge on any atom is -0.359 e. The number of aromatic nitrogens is 3. The zero-order valence-corrected chi connectivity index (χ0v) is 14.0. The highest BCUT2D eigenvalue weighted by atomic mass is 16.5. The Morgan fingerprint density at radius 2 is 1.80 bits per heavy atom. The molecule has 128 valence electrons. The van der Waals surface area contributed by atoms with Gasteiger partial charge < -0.3 is 15.2 Å². The summed E-state index contributed by atoms with van der Waals surface area (Å²) in [5.74, 6) is 0.239. The number of aryl methyl sites for hydroxylation is 3. The summed E-state index contributed by atoms with van der Waals surface area (Å²) < 4.78 is 6.45. The highest BCUT2D eigenvalue weighted by molar-refractivity contribution is 6.06. The van der Waals surface area contributed by atoms with E-state index in [-0.39, 0.29) is 11.6 Å². The van der Waals surface area contributed by atoms with Crippen LogP contribution in [0.4, 0.5) is 11.5 Å². The lowest BCUT2D eigenvalue weighted by molar-refractivity contribution is 0.101. The molecule has 8 nitrogen and oxygen atoms in total. The Kier molecular flexibility index (Phi) is 4.34. The van der Waals surface area contributed by atoms with Gasteiger partial charge in [-0.3, -0.25) is 14.3 Å². The maximum atomic E-state index is 12.4. The largest absolute Gasteiger partial charge is 0.359 e. The number of nitrogens with zero attached hydrogens (tertiary/aromatic N) is 3. The SMILES string of the molecule is Cc1noc(C)c1NC(=O)c1cc(NC(=O)c2ccccc2)n(C)n1. The van der Waals surface area contributed by atoms with E-state index in [1.165, 1.54) is 10.7 Å². The van der Waals surface area contributed by atoms with Crippen LogP contribution in [0.5, 0.6) is 0 Å². The van der Waals surface area contributed by atoms with Gasteiger partial charge in [0.1, 0.15) is 17.2 Å². The average Bonchev–Trinajstić information content (AvgIpc) is 3.12. The van der Waals surface area contributed by atoms with Gasteiger partial charge in [0.25, 0.3) is 11.8 Å². The highest BCUT2D eigenvalue weighted by Gasteiger charge is 2.18. The topological polar surface area (TPSA) is 102 Å². The molecular weight excluding hydrogens is 322 g/mol. The monoisotopic (exact) mass is 339 g/mol. The van der Waals surface area contributed by atoms with Crippen LogP contribution in [0.2, 0.25) is 0 Å². The maximum Gasteiger partial charge on any atom is 0.276 e. The van der Waals surface area contributed by atoms with Crippen molar-refractivity contribution in [1.29, 1.82) is 0 Å². The Morgan fingerprint density at radius 3 is 2.44 bits per heavy atom. The minimum absolute atomic E-state index is 0.172. The van der Waals surface area contributed by atoms with Crippen molar-refractivity contribution >= 4 is 23.3 Å². The third-order valence-corrected chi connectivity index (χ3v) is 3.66. The van der Waals surface area contributed by atoms with Crippen molar-refractivity contribution in [1.82, 2.24) is 14.9 Å². The fraction of sp³-hybridized carbons (Fsp3) is 0.176. The fourth-order valence-corrected chi connectivity index (χ4v) is 2.31. The van der Waals surface area contributed by atoms with Crippen molar-refractivity contribution in [2.45, 2.75) is 13.8 Å². The molecule has 2 amide bonds. The van der Waals surface area contributed by atoms with Crippen LogP contribution in [0, 0.1) is 13.8 Å². The molecule has 25 heavy (non-hydrogen) atoms. The van der Waals surface area contributed by atoms with E-state index in [1.54, 1.807) is 45.2 Å². The normalized spacial score (nSPS) is 10.5. The molecule has 3 rings (SSSR count). The number of carbonyl (C=O) groups is 2. The number of anilines is 2. The molecule has 0 saturated carbocycles. The van der Waals surface area contributed by atoms with Crippen molar-refractivity contribution in [2.24, 2.45) is 7.05 Å². The first kappa shape index (κ1) is 16.4. The Hall–Kier alpha value is -3.42. The number of nitrogens with one attached hydrogen (secondary N) is 2. The second-order valence-corrected chi connectivity index (χ2v) is 5.51. The first-order valence-electron chi connectivity index (χ1n) is 7.60. The van der Waals surface area contributed by atoms with Gasteiger partial charge in [0.15, 0.2) is 11.5 Å². The molecule has 0 aliphatic heterocycles. The fourth-order valence-electron chi connectivity index (χ4n) is 2.31. The van der Waals surface area contributed by atoms with Gasteiger partial charge >= 0.3 is 0 Å². The lowest BCUT2D eigenvalue weighted by Crippen LogP contribution is -2.14. The lowest BCUT2D eigenvalue weighted by atomic mass is 10.2. The molecule has 3 aromatic rings. The second kappa shape index (κ2) is 6.60. The van der Waals surface area contributed by atoms with Gasteiger partial charge in [-0.1, -0.05) is 23.4 Å². The highest BCUT2D eigenvalue weighted by Crippen LogP contribution is 2.20. The van der Waals surface area contributed by atoms with Crippen LogP contribution in [0.15, 0.2) is 40.9 Å². The molecule has 0 unspecified atom stereocenters. The number of hydrogen-bond donors (Lipinski definition) is 2. The number of amides is 2. The molecular formula is C17H17N5O3. The van der Waals surface area contributed by atoms with E-state index in [0.717, 1.165) is 0 Å². The third kappa shape index (κ3) is 3.42. The van der Waals surface area contributed by atoms with Crippen molar-refractivity contribution in [2.75, 3.05) is 10.6 Å².